The Kier molecular flexibility index (Phi) is 6.14. The van der Waals surface area contributed by atoms with Crippen LogP contribution < -0.4 is 0 Å². The van der Waals surface area contributed by atoms with Crippen LogP contribution in [0.4, 0.5) is 0 Å². The maximum absolute atomic E-state index is 4.06. The van der Waals surface area contributed by atoms with Gasteiger partial charge in [-0.1, -0.05) is 46.3 Å². The first kappa shape index (κ1) is 11.7. The van der Waals surface area contributed by atoms with Crippen molar-refractivity contribution in [1.29, 1.82) is 0 Å². The van der Waals surface area contributed by atoms with E-state index in [-0.39, 0.29) is 0 Å². The summed E-state index contributed by atoms with van der Waals surface area (Å²) in [5.41, 5.74) is 1.48. The number of hydrogen-bond donors (Lipinski definition) is 0. The molecule has 1 aliphatic rings. The first-order valence-electron chi connectivity index (χ1n) is 5.39. The van der Waals surface area contributed by atoms with Crippen LogP contribution >= 0.6 is 0 Å². The second kappa shape index (κ2) is 6.28. The van der Waals surface area contributed by atoms with Crippen LogP contribution in [0.3, 0.4) is 0 Å². The van der Waals surface area contributed by atoms with Crippen LogP contribution in [-0.4, -0.2) is 0 Å². The van der Waals surface area contributed by atoms with E-state index in [1.807, 2.05) is 13.8 Å². The van der Waals surface area contributed by atoms with Gasteiger partial charge in [0.2, 0.25) is 0 Å². The molecule has 0 aliphatic heterocycles. The lowest BCUT2D eigenvalue weighted by molar-refractivity contribution is 0.329. The summed E-state index contributed by atoms with van der Waals surface area (Å²) in [6, 6.07) is 0. The van der Waals surface area contributed by atoms with Crippen LogP contribution in [-0.2, 0) is 0 Å². The highest BCUT2D eigenvalue weighted by Crippen LogP contribution is 2.33. The Labute approximate surface area is 78.1 Å². The molecule has 1 fully saturated rings. The molecule has 0 bridgehead atoms. The van der Waals surface area contributed by atoms with Crippen LogP contribution in [0.2, 0.25) is 0 Å². The lowest BCUT2D eigenvalue weighted by Gasteiger charge is -2.27. The van der Waals surface area contributed by atoms with E-state index in [4.69, 9.17) is 0 Å². The molecule has 0 heteroatoms. The van der Waals surface area contributed by atoms with E-state index in [9.17, 15) is 0 Å². The lowest BCUT2D eigenvalue weighted by atomic mass is 9.79. The van der Waals surface area contributed by atoms with E-state index >= 15 is 0 Å². The van der Waals surface area contributed by atoms with Gasteiger partial charge in [-0.25, -0.2) is 0 Å². The molecule has 0 saturated heterocycles. The van der Waals surface area contributed by atoms with E-state index in [0.29, 0.717) is 0 Å². The molecule has 1 aliphatic carbocycles. The minimum atomic E-state index is 0.895. The molecule has 0 radical (unpaired) electrons. The Balaban J connectivity index is 0.000000561. The largest absolute Gasteiger partial charge is 0.0998 e. The summed E-state index contributed by atoms with van der Waals surface area (Å²) in [6.07, 6.45) is 5.33. The van der Waals surface area contributed by atoms with Gasteiger partial charge in [-0.2, -0.15) is 0 Å². The van der Waals surface area contributed by atoms with E-state index in [2.05, 4.69) is 20.4 Å². The van der Waals surface area contributed by atoms with Gasteiger partial charge in [0.05, 0.1) is 0 Å². The molecular formula is C12H24. The van der Waals surface area contributed by atoms with Gasteiger partial charge in [-0.3, -0.25) is 0 Å². The predicted octanol–water partition coefficient (Wildman–Crippen LogP) is 4.42. The average Bonchev–Trinajstić information content (AvgIpc) is 2.06. The summed E-state index contributed by atoms with van der Waals surface area (Å²) >= 11 is 0. The highest BCUT2D eigenvalue weighted by Gasteiger charge is 2.18. The predicted molar refractivity (Wildman–Crippen MR) is 57.3 cm³/mol. The highest BCUT2D eigenvalue weighted by molar-refractivity contribution is 5.00. The van der Waals surface area contributed by atoms with E-state index in [1.165, 1.54) is 31.3 Å². The molecule has 0 N–H and O–H groups in total. The van der Waals surface area contributed by atoms with Crippen LogP contribution in [0.25, 0.3) is 0 Å². The molecule has 0 nitrogen and oxygen atoms in total. The third-order valence-corrected chi connectivity index (χ3v) is 2.53. The second-order valence-corrected chi connectivity index (χ2v) is 3.77. The van der Waals surface area contributed by atoms with Crippen molar-refractivity contribution >= 4 is 0 Å². The summed E-state index contributed by atoms with van der Waals surface area (Å²) in [5.74, 6) is 1.84. The Morgan fingerprint density at radius 1 is 1.33 bits per heavy atom. The van der Waals surface area contributed by atoms with E-state index in [0.717, 1.165) is 11.8 Å². The normalized spacial score (nSPS) is 29.2. The van der Waals surface area contributed by atoms with Crippen molar-refractivity contribution in [3.63, 3.8) is 0 Å². The minimum Gasteiger partial charge on any atom is -0.0998 e. The van der Waals surface area contributed by atoms with Gasteiger partial charge >= 0.3 is 0 Å². The summed E-state index contributed by atoms with van der Waals surface area (Å²) < 4.78 is 0. The average molecular weight is 168 g/mol. The molecule has 0 aromatic rings. The standard InChI is InChI=1S/C10H18.C2H6/c1-4-10-6-8(2)5-9(3)7-10;1-2/h9-10H,2,4-7H2,1,3H3;1-2H3. The topological polar surface area (TPSA) is 0 Å². The monoisotopic (exact) mass is 168 g/mol. The fraction of sp³-hybridized carbons (Fsp3) is 0.833. The van der Waals surface area contributed by atoms with Crippen molar-refractivity contribution in [2.45, 2.75) is 53.4 Å². The fourth-order valence-corrected chi connectivity index (χ4v) is 2.03. The first-order chi connectivity index (χ1) is 5.72. The van der Waals surface area contributed by atoms with Crippen molar-refractivity contribution < 1.29 is 0 Å². The zero-order valence-electron chi connectivity index (χ0n) is 9.19. The summed E-state index contributed by atoms with van der Waals surface area (Å²) in [5, 5.41) is 0. The number of allylic oxidation sites excluding steroid dienone is 1. The van der Waals surface area contributed by atoms with E-state index in [1.54, 1.807) is 0 Å². The molecule has 0 heterocycles. The molecule has 12 heavy (non-hydrogen) atoms. The summed E-state index contributed by atoms with van der Waals surface area (Å²) in [7, 11) is 0. The molecular weight excluding hydrogens is 144 g/mol. The minimum absolute atomic E-state index is 0.895. The quantitative estimate of drug-likeness (QED) is 0.509. The fourth-order valence-electron chi connectivity index (χ4n) is 2.03. The van der Waals surface area contributed by atoms with Crippen LogP contribution in [0.5, 0.6) is 0 Å². The van der Waals surface area contributed by atoms with Gasteiger partial charge in [0, 0.05) is 0 Å². The smallest absolute Gasteiger partial charge is 0.0294 e. The third-order valence-electron chi connectivity index (χ3n) is 2.53. The van der Waals surface area contributed by atoms with E-state index < -0.39 is 0 Å². The van der Waals surface area contributed by atoms with Crippen molar-refractivity contribution in [2.24, 2.45) is 11.8 Å². The molecule has 1 rings (SSSR count). The summed E-state index contributed by atoms with van der Waals surface area (Å²) in [6.45, 7) is 12.7. The maximum atomic E-state index is 4.06. The SMILES string of the molecule is C=C1CC(C)CC(CC)C1.CC. The van der Waals surface area contributed by atoms with Gasteiger partial charge in [-0.05, 0) is 31.1 Å². The third kappa shape index (κ3) is 3.94. The number of hydrogen-bond acceptors (Lipinski definition) is 0. The van der Waals surface area contributed by atoms with Crippen molar-refractivity contribution in [1.82, 2.24) is 0 Å². The van der Waals surface area contributed by atoms with Crippen LogP contribution in [0, 0.1) is 11.8 Å². The van der Waals surface area contributed by atoms with Gasteiger partial charge in [0.25, 0.3) is 0 Å². The molecule has 1 saturated carbocycles. The molecule has 0 aromatic carbocycles. The Bertz CT molecular complexity index is 124. The summed E-state index contributed by atoms with van der Waals surface area (Å²) in [4.78, 5) is 0. The van der Waals surface area contributed by atoms with Crippen molar-refractivity contribution in [2.75, 3.05) is 0 Å². The molecule has 0 amide bonds. The molecule has 0 aromatic heterocycles. The highest BCUT2D eigenvalue weighted by atomic mass is 14.2. The van der Waals surface area contributed by atoms with Gasteiger partial charge in [-0.15, -0.1) is 0 Å². The molecule has 72 valence electrons. The van der Waals surface area contributed by atoms with Gasteiger partial charge < -0.3 is 0 Å². The molecule has 2 atom stereocenters. The van der Waals surface area contributed by atoms with Crippen molar-refractivity contribution in [3.05, 3.63) is 12.2 Å². The van der Waals surface area contributed by atoms with Gasteiger partial charge in [0.1, 0.15) is 0 Å². The zero-order chi connectivity index (χ0) is 9.56. The van der Waals surface area contributed by atoms with Gasteiger partial charge in [0.15, 0.2) is 0 Å². The zero-order valence-corrected chi connectivity index (χ0v) is 9.19. The second-order valence-electron chi connectivity index (χ2n) is 3.77. The Morgan fingerprint density at radius 2 is 1.92 bits per heavy atom. The Hall–Kier alpha value is -0.260. The molecule has 2 unspecified atom stereocenters. The first-order valence-corrected chi connectivity index (χ1v) is 5.39. The van der Waals surface area contributed by atoms with Crippen LogP contribution in [0.1, 0.15) is 53.4 Å². The maximum Gasteiger partial charge on any atom is -0.0294 e. The lowest BCUT2D eigenvalue weighted by Crippen LogP contribution is -2.13. The molecule has 0 spiro atoms. The Morgan fingerprint density at radius 3 is 2.33 bits per heavy atom. The van der Waals surface area contributed by atoms with Crippen LogP contribution in [0.15, 0.2) is 12.2 Å². The van der Waals surface area contributed by atoms with Crippen molar-refractivity contribution in [3.8, 4) is 0 Å². The number of rotatable bonds is 1.